The number of carbonyl (C=O) groups is 2. The minimum atomic E-state index is -0.802. The largest absolute Gasteiger partial charge is 0.481 e. The van der Waals surface area contributed by atoms with Gasteiger partial charge in [0.2, 0.25) is 5.91 Å². The molecule has 0 aromatic heterocycles. The SMILES string of the molecule is O=C(O)CCCCCNC(=O)Cc1ccccc1F. The number of rotatable bonds is 8. The second-order valence-corrected chi connectivity index (χ2v) is 4.32. The zero-order valence-corrected chi connectivity index (χ0v) is 10.7. The summed E-state index contributed by atoms with van der Waals surface area (Å²) in [5, 5.41) is 11.1. The number of hydrogen-bond donors (Lipinski definition) is 2. The van der Waals surface area contributed by atoms with Crippen LogP contribution < -0.4 is 5.32 Å². The Morgan fingerprint density at radius 3 is 2.58 bits per heavy atom. The van der Waals surface area contributed by atoms with Crippen molar-refractivity contribution < 1.29 is 19.1 Å². The van der Waals surface area contributed by atoms with Crippen LogP contribution in [-0.4, -0.2) is 23.5 Å². The molecule has 104 valence electrons. The van der Waals surface area contributed by atoms with Crippen LogP contribution in [0, 0.1) is 5.82 Å². The third-order valence-corrected chi connectivity index (χ3v) is 2.70. The standard InChI is InChI=1S/C14H18FNO3/c15-12-7-4-3-6-11(12)10-13(17)16-9-5-1-2-8-14(18)19/h3-4,6-7H,1-2,5,8-10H2,(H,16,17)(H,18,19). The Morgan fingerprint density at radius 1 is 1.16 bits per heavy atom. The van der Waals surface area contributed by atoms with Gasteiger partial charge in [0.05, 0.1) is 6.42 Å². The molecule has 0 fully saturated rings. The van der Waals surface area contributed by atoms with Crippen LogP contribution in [0.25, 0.3) is 0 Å². The number of aliphatic carboxylic acids is 1. The average molecular weight is 267 g/mol. The van der Waals surface area contributed by atoms with Gasteiger partial charge in [-0.3, -0.25) is 9.59 Å². The average Bonchev–Trinajstić information content (AvgIpc) is 2.36. The van der Waals surface area contributed by atoms with E-state index in [9.17, 15) is 14.0 Å². The maximum absolute atomic E-state index is 13.3. The number of carboxylic acids is 1. The van der Waals surface area contributed by atoms with Gasteiger partial charge in [0.25, 0.3) is 0 Å². The van der Waals surface area contributed by atoms with Crippen molar-refractivity contribution in [3.8, 4) is 0 Å². The van der Waals surface area contributed by atoms with E-state index in [0.29, 0.717) is 18.5 Å². The van der Waals surface area contributed by atoms with Crippen molar-refractivity contribution >= 4 is 11.9 Å². The van der Waals surface area contributed by atoms with Crippen LogP contribution in [0.4, 0.5) is 4.39 Å². The summed E-state index contributed by atoms with van der Waals surface area (Å²) in [4.78, 5) is 21.8. The summed E-state index contributed by atoms with van der Waals surface area (Å²) in [6.45, 7) is 0.493. The van der Waals surface area contributed by atoms with E-state index in [4.69, 9.17) is 5.11 Å². The van der Waals surface area contributed by atoms with Crippen LogP contribution in [0.5, 0.6) is 0 Å². The first kappa shape index (κ1) is 15.1. The Bertz CT molecular complexity index is 434. The molecule has 4 nitrogen and oxygen atoms in total. The lowest BCUT2D eigenvalue weighted by molar-refractivity contribution is -0.137. The van der Waals surface area contributed by atoms with Crippen molar-refractivity contribution in [1.82, 2.24) is 5.32 Å². The van der Waals surface area contributed by atoms with Gasteiger partial charge in [-0.05, 0) is 24.5 Å². The number of hydrogen-bond acceptors (Lipinski definition) is 2. The molecule has 0 aliphatic carbocycles. The maximum Gasteiger partial charge on any atom is 0.303 e. The van der Waals surface area contributed by atoms with E-state index in [1.807, 2.05) is 0 Å². The topological polar surface area (TPSA) is 66.4 Å². The van der Waals surface area contributed by atoms with Crippen molar-refractivity contribution in [3.05, 3.63) is 35.6 Å². The van der Waals surface area contributed by atoms with E-state index < -0.39 is 5.97 Å². The van der Waals surface area contributed by atoms with Crippen LogP contribution >= 0.6 is 0 Å². The lowest BCUT2D eigenvalue weighted by Crippen LogP contribution is -2.26. The second kappa shape index (κ2) is 8.24. The molecule has 2 N–H and O–H groups in total. The molecule has 0 bridgehead atoms. The summed E-state index contributed by atoms with van der Waals surface area (Å²) < 4.78 is 13.3. The Labute approximate surface area is 111 Å². The van der Waals surface area contributed by atoms with Crippen LogP contribution in [0.2, 0.25) is 0 Å². The molecule has 5 heteroatoms. The van der Waals surface area contributed by atoms with Crippen LogP contribution in [-0.2, 0) is 16.0 Å². The summed E-state index contributed by atoms with van der Waals surface area (Å²) in [6, 6.07) is 6.19. The first-order valence-corrected chi connectivity index (χ1v) is 6.31. The number of benzene rings is 1. The minimum Gasteiger partial charge on any atom is -0.481 e. The van der Waals surface area contributed by atoms with Gasteiger partial charge < -0.3 is 10.4 Å². The highest BCUT2D eigenvalue weighted by Gasteiger charge is 2.06. The van der Waals surface area contributed by atoms with Crippen LogP contribution in [0.15, 0.2) is 24.3 Å². The van der Waals surface area contributed by atoms with Crippen LogP contribution in [0.3, 0.4) is 0 Å². The monoisotopic (exact) mass is 267 g/mol. The predicted molar refractivity (Wildman–Crippen MR) is 69.2 cm³/mol. The van der Waals surface area contributed by atoms with E-state index >= 15 is 0 Å². The molecule has 0 saturated carbocycles. The highest BCUT2D eigenvalue weighted by molar-refractivity contribution is 5.78. The number of carbonyl (C=O) groups excluding carboxylic acids is 1. The van der Waals surface area contributed by atoms with Gasteiger partial charge in [0, 0.05) is 13.0 Å². The molecule has 1 aromatic rings. The molecule has 0 heterocycles. The molecular formula is C14H18FNO3. The lowest BCUT2D eigenvalue weighted by Gasteiger charge is -2.05. The van der Waals surface area contributed by atoms with Crippen molar-refractivity contribution in [2.45, 2.75) is 32.1 Å². The van der Waals surface area contributed by atoms with E-state index in [-0.39, 0.29) is 24.6 Å². The molecule has 1 rings (SSSR count). The van der Waals surface area contributed by atoms with Gasteiger partial charge in [0.1, 0.15) is 5.82 Å². The normalized spacial score (nSPS) is 10.2. The highest BCUT2D eigenvalue weighted by Crippen LogP contribution is 2.06. The summed E-state index contributed by atoms with van der Waals surface area (Å²) in [5.41, 5.74) is 0.380. The maximum atomic E-state index is 13.3. The Kier molecular flexibility index (Phi) is 6.57. The van der Waals surface area contributed by atoms with Crippen molar-refractivity contribution in [2.24, 2.45) is 0 Å². The van der Waals surface area contributed by atoms with E-state index in [1.54, 1.807) is 18.2 Å². The number of halogens is 1. The van der Waals surface area contributed by atoms with Gasteiger partial charge in [-0.15, -0.1) is 0 Å². The summed E-state index contributed by atoms with van der Waals surface area (Å²) in [7, 11) is 0. The second-order valence-electron chi connectivity index (χ2n) is 4.32. The lowest BCUT2D eigenvalue weighted by atomic mass is 10.1. The molecule has 0 atom stereocenters. The van der Waals surface area contributed by atoms with Crippen LogP contribution in [0.1, 0.15) is 31.2 Å². The first-order chi connectivity index (χ1) is 9.09. The van der Waals surface area contributed by atoms with Gasteiger partial charge in [-0.25, -0.2) is 4.39 Å². The minimum absolute atomic E-state index is 0.0296. The predicted octanol–water partition coefficient (Wildman–Crippen LogP) is 2.13. The van der Waals surface area contributed by atoms with E-state index in [2.05, 4.69) is 5.32 Å². The fourth-order valence-corrected chi connectivity index (χ4v) is 1.68. The molecule has 0 saturated heterocycles. The van der Waals surface area contributed by atoms with Gasteiger partial charge in [-0.2, -0.15) is 0 Å². The first-order valence-electron chi connectivity index (χ1n) is 6.31. The molecule has 1 aromatic carbocycles. The van der Waals surface area contributed by atoms with Crippen molar-refractivity contribution in [1.29, 1.82) is 0 Å². The zero-order valence-electron chi connectivity index (χ0n) is 10.7. The Hall–Kier alpha value is -1.91. The van der Waals surface area contributed by atoms with E-state index in [0.717, 1.165) is 12.8 Å². The molecule has 0 aliphatic heterocycles. The third kappa shape index (κ3) is 6.55. The molecule has 19 heavy (non-hydrogen) atoms. The number of nitrogens with one attached hydrogen (secondary N) is 1. The third-order valence-electron chi connectivity index (χ3n) is 2.70. The molecule has 0 unspecified atom stereocenters. The molecular weight excluding hydrogens is 249 g/mol. The molecule has 0 radical (unpaired) electrons. The molecule has 1 amide bonds. The summed E-state index contributed by atoms with van der Waals surface area (Å²) in [5.74, 6) is -1.40. The van der Waals surface area contributed by atoms with Gasteiger partial charge in [-0.1, -0.05) is 24.6 Å². The summed E-state index contributed by atoms with van der Waals surface area (Å²) in [6.07, 6.45) is 2.28. The molecule has 0 aliphatic rings. The number of carboxylic acid groups (broad SMARTS) is 1. The molecule has 0 spiro atoms. The fourth-order valence-electron chi connectivity index (χ4n) is 1.68. The Balaban J connectivity index is 2.15. The van der Waals surface area contributed by atoms with E-state index in [1.165, 1.54) is 6.07 Å². The number of amides is 1. The zero-order chi connectivity index (χ0) is 14.1. The van der Waals surface area contributed by atoms with Crippen molar-refractivity contribution in [3.63, 3.8) is 0 Å². The number of unbranched alkanes of at least 4 members (excludes halogenated alkanes) is 2. The van der Waals surface area contributed by atoms with Gasteiger partial charge in [0.15, 0.2) is 0 Å². The van der Waals surface area contributed by atoms with Crippen molar-refractivity contribution in [2.75, 3.05) is 6.54 Å². The summed E-state index contributed by atoms with van der Waals surface area (Å²) >= 11 is 0. The fraction of sp³-hybridized carbons (Fsp3) is 0.429. The Morgan fingerprint density at radius 2 is 1.89 bits per heavy atom. The highest BCUT2D eigenvalue weighted by atomic mass is 19.1. The quantitative estimate of drug-likeness (QED) is 0.709. The van der Waals surface area contributed by atoms with Gasteiger partial charge >= 0.3 is 5.97 Å². The smallest absolute Gasteiger partial charge is 0.303 e.